The Labute approximate surface area is 181 Å². The summed E-state index contributed by atoms with van der Waals surface area (Å²) in [6.07, 6.45) is -1.33. The molecule has 0 bridgehead atoms. The Hall–Kier alpha value is -3.89. The van der Waals surface area contributed by atoms with Gasteiger partial charge in [-0.2, -0.15) is 13.2 Å². The fraction of sp³-hybridized carbons (Fsp3) is 0.238. The number of carbonyl (C=O) groups excluding carboxylic acids is 1. The standard InChI is InChI=1S/C21H19F3N6O2/c22-21(23,24)15-5-3-4-14(12-15)18-27-16(19(31)32-18)13-29-8-10-30(11-9-29)20(25)28-17-6-1-2-7-26-17/h1-7,12-13H,8-11H2,(H2,25,26,28)/b16-13+. The van der Waals surface area contributed by atoms with Crippen LogP contribution in [0.25, 0.3) is 0 Å². The third-order valence-corrected chi connectivity index (χ3v) is 4.90. The molecular weight excluding hydrogens is 425 g/mol. The molecule has 2 N–H and O–H groups in total. The van der Waals surface area contributed by atoms with Gasteiger partial charge in [-0.3, -0.25) is 5.41 Å². The Morgan fingerprint density at radius 3 is 2.59 bits per heavy atom. The lowest BCUT2D eigenvalue weighted by Gasteiger charge is -2.35. The van der Waals surface area contributed by atoms with Gasteiger partial charge in [-0.25, -0.2) is 14.8 Å². The highest BCUT2D eigenvalue weighted by Crippen LogP contribution is 2.30. The molecule has 0 saturated carbocycles. The van der Waals surface area contributed by atoms with E-state index in [-0.39, 0.29) is 23.1 Å². The molecule has 0 aliphatic carbocycles. The molecule has 0 unspecified atom stereocenters. The van der Waals surface area contributed by atoms with Crippen molar-refractivity contribution in [1.29, 1.82) is 5.41 Å². The number of halogens is 3. The highest BCUT2D eigenvalue weighted by atomic mass is 19.4. The Balaban J connectivity index is 1.39. The SMILES string of the molecule is N=C(Nc1ccccn1)N1CCN(/C=C2/N=C(c3cccc(C(F)(F)F)c3)OC2=O)CC1. The number of cyclic esters (lactones) is 1. The van der Waals surface area contributed by atoms with E-state index >= 15 is 0 Å². The second kappa shape index (κ2) is 8.69. The van der Waals surface area contributed by atoms with Crippen LogP contribution in [0.15, 0.2) is 65.6 Å². The van der Waals surface area contributed by atoms with Gasteiger partial charge in [0.05, 0.1) is 5.56 Å². The largest absolute Gasteiger partial charge is 0.416 e. The van der Waals surface area contributed by atoms with Gasteiger partial charge in [0.2, 0.25) is 5.90 Å². The van der Waals surface area contributed by atoms with Gasteiger partial charge in [0, 0.05) is 44.1 Å². The van der Waals surface area contributed by atoms with E-state index in [1.54, 1.807) is 18.3 Å². The van der Waals surface area contributed by atoms with Gasteiger partial charge >= 0.3 is 12.1 Å². The van der Waals surface area contributed by atoms with E-state index in [0.29, 0.717) is 32.0 Å². The lowest BCUT2D eigenvalue weighted by atomic mass is 10.1. The average molecular weight is 444 g/mol. The number of nitrogens with zero attached hydrogens (tertiary/aromatic N) is 4. The summed E-state index contributed by atoms with van der Waals surface area (Å²) < 4.78 is 43.9. The van der Waals surface area contributed by atoms with Crippen LogP contribution in [0.3, 0.4) is 0 Å². The molecule has 4 rings (SSSR count). The van der Waals surface area contributed by atoms with Gasteiger partial charge in [-0.1, -0.05) is 12.1 Å². The van der Waals surface area contributed by atoms with Crippen molar-refractivity contribution in [2.75, 3.05) is 31.5 Å². The van der Waals surface area contributed by atoms with Crippen LogP contribution in [0.4, 0.5) is 19.0 Å². The summed E-state index contributed by atoms with van der Waals surface area (Å²) in [4.78, 5) is 24.1. The second-order valence-corrected chi connectivity index (χ2v) is 7.11. The summed E-state index contributed by atoms with van der Waals surface area (Å²) in [6.45, 7) is 2.11. The van der Waals surface area contributed by atoms with Gasteiger partial charge < -0.3 is 19.9 Å². The van der Waals surface area contributed by atoms with E-state index in [1.165, 1.54) is 18.3 Å². The lowest BCUT2D eigenvalue weighted by Crippen LogP contribution is -2.48. The summed E-state index contributed by atoms with van der Waals surface area (Å²) in [5, 5.41) is 11.1. The predicted octanol–water partition coefficient (Wildman–Crippen LogP) is 2.91. The molecule has 1 saturated heterocycles. The van der Waals surface area contributed by atoms with Crippen molar-refractivity contribution >= 4 is 23.6 Å². The number of alkyl halides is 3. The van der Waals surface area contributed by atoms with Crippen molar-refractivity contribution in [3.05, 3.63) is 71.7 Å². The van der Waals surface area contributed by atoms with Crippen molar-refractivity contribution < 1.29 is 22.7 Å². The maximum atomic E-state index is 12.9. The monoisotopic (exact) mass is 444 g/mol. The van der Waals surface area contributed by atoms with Gasteiger partial charge in [-0.15, -0.1) is 0 Å². The number of carbonyl (C=O) groups is 1. The van der Waals surface area contributed by atoms with E-state index in [0.717, 1.165) is 12.1 Å². The second-order valence-electron chi connectivity index (χ2n) is 7.11. The van der Waals surface area contributed by atoms with Crippen LogP contribution in [0.5, 0.6) is 0 Å². The number of aromatic nitrogens is 1. The molecule has 2 aliphatic heterocycles. The molecule has 0 spiro atoms. The molecule has 0 atom stereocenters. The summed E-state index contributed by atoms with van der Waals surface area (Å²) in [5.41, 5.74) is -0.743. The number of anilines is 1. The van der Waals surface area contributed by atoms with Crippen molar-refractivity contribution in [2.45, 2.75) is 6.18 Å². The topological polar surface area (TPSA) is 93.9 Å². The van der Waals surface area contributed by atoms with E-state index in [2.05, 4.69) is 15.3 Å². The normalized spacial score (nSPS) is 17.9. The number of hydrogen-bond acceptors (Lipinski definition) is 6. The highest BCUT2D eigenvalue weighted by Gasteiger charge is 2.32. The predicted molar refractivity (Wildman–Crippen MR) is 111 cm³/mol. The Morgan fingerprint density at radius 1 is 1.12 bits per heavy atom. The maximum absolute atomic E-state index is 12.9. The van der Waals surface area contributed by atoms with Crippen molar-refractivity contribution in [3.8, 4) is 0 Å². The number of rotatable bonds is 3. The van der Waals surface area contributed by atoms with Crippen molar-refractivity contribution in [2.24, 2.45) is 4.99 Å². The van der Waals surface area contributed by atoms with Gasteiger partial charge in [0.15, 0.2) is 11.7 Å². The number of hydrogen-bond donors (Lipinski definition) is 2. The number of benzene rings is 1. The maximum Gasteiger partial charge on any atom is 0.416 e. The van der Waals surface area contributed by atoms with Gasteiger partial charge in [0.1, 0.15) is 5.82 Å². The fourth-order valence-electron chi connectivity index (χ4n) is 3.24. The quantitative estimate of drug-likeness (QED) is 0.327. The summed E-state index contributed by atoms with van der Waals surface area (Å²) in [6, 6.07) is 9.86. The minimum absolute atomic E-state index is 0.0209. The van der Waals surface area contributed by atoms with Crippen LogP contribution < -0.4 is 5.32 Å². The smallest absolute Gasteiger partial charge is 0.402 e. The Morgan fingerprint density at radius 2 is 1.91 bits per heavy atom. The number of nitrogens with one attached hydrogen (secondary N) is 2. The number of guanidine groups is 1. The Kier molecular flexibility index (Phi) is 5.80. The van der Waals surface area contributed by atoms with Crippen LogP contribution in [-0.4, -0.2) is 58.8 Å². The molecule has 1 aromatic carbocycles. The summed E-state index contributed by atoms with van der Waals surface area (Å²) in [7, 11) is 0. The number of pyridine rings is 1. The molecule has 32 heavy (non-hydrogen) atoms. The van der Waals surface area contributed by atoms with Gasteiger partial charge in [-0.05, 0) is 30.3 Å². The lowest BCUT2D eigenvalue weighted by molar-refractivity contribution is -0.137. The number of aliphatic imine (C=N–C) groups is 1. The van der Waals surface area contributed by atoms with Crippen molar-refractivity contribution in [3.63, 3.8) is 0 Å². The molecule has 0 amide bonds. The van der Waals surface area contributed by atoms with E-state index in [4.69, 9.17) is 10.1 Å². The van der Waals surface area contributed by atoms with E-state index < -0.39 is 17.7 Å². The highest BCUT2D eigenvalue weighted by molar-refractivity contribution is 6.11. The number of esters is 1. The Bertz CT molecular complexity index is 1080. The molecular formula is C21H19F3N6O2. The zero-order valence-electron chi connectivity index (χ0n) is 16.8. The zero-order chi connectivity index (χ0) is 22.7. The number of piperazine rings is 1. The molecule has 3 heterocycles. The first-order chi connectivity index (χ1) is 15.3. The third-order valence-electron chi connectivity index (χ3n) is 4.90. The molecule has 2 aromatic rings. The van der Waals surface area contributed by atoms with Crippen LogP contribution in [-0.2, 0) is 15.7 Å². The van der Waals surface area contributed by atoms with Crippen molar-refractivity contribution in [1.82, 2.24) is 14.8 Å². The molecule has 8 nitrogen and oxygen atoms in total. The first-order valence-electron chi connectivity index (χ1n) is 9.75. The molecule has 0 radical (unpaired) electrons. The van der Waals surface area contributed by atoms with Crippen LogP contribution in [0, 0.1) is 5.41 Å². The molecule has 11 heteroatoms. The fourth-order valence-corrected chi connectivity index (χ4v) is 3.24. The number of ether oxygens (including phenoxy) is 1. The van der Waals surface area contributed by atoms with Crippen LogP contribution in [0.1, 0.15) is 11.1 Å². The molecule has 166 valence electrons. The van der Waals surface area contributed by atoms with E-state index in [1.807, 2.05) is 15.9 Å². The average Bonchev–Trinajstić information content (AvgIpc) is 3.14. The zero-order valence-corrected chi connectivity index (χ0v) is 16.8. The van der Waals surface area contributed by atoms with Crippen LogP contribution in [0.2, 0.25) is 0 Å². The van der Waals surface area contributed by atoms with Gasteiger partial charge in [0.25, 0.3) is 0 Å². The van der Waals surface area contributed by atoms with Crippen LogP contribution >= 0.6 is 0 Å². The first kappa shape index (κ1) is 21.3. The third kappa shape index (κ3) is 4.88. The first-order valence-corrected chi connectivity index (χ1v) is 9.75. The molecule has 1 aromatic heterocycles. The minimum atomic E-state index is -4.50. The molecule has 1 fully saturated rings. The van der Waals surface area contributed by atoms with E-state index in [9.17, 15) is 18.0 Å². The summed E-state index contributed by atoms with van der Waals surface area (Å²) >= 11 is 0. The summed E-state index contributed by atoms with van der Waals surface area (Å²) in [5.74, 6) is -0.0786. The minimum Gasteiger partial charge on any atom is -0.402 e. The molecule has 2 aliphatic rings.